The number of unbranched alkanes of at least 4 members (excludes halogenated alkanes) is 2. The topological polar surface area (TPSA) is 78.8 Å². The third-order valence-electron chi connectivity index (χ3n) is 4.69. The lowest BCUT2D eigenvalue weighted by Crippen LogP contribution is -2.38. The highest BCUT2D eigenvalue weighted by Gasteiger charge is 2.25. The number of hydrogen-bond donors (Lipinski definition) is 1. The summed E-state index contributed by atoms with van der Waals surface area (Å²) >= 11 is 0. The quantitative estimate of drug-likeness (QED) is 0.730. The Balaban J connectivity index is 1.72. The Morgan fingerprint density at radius 1 is 1.22 bits per heavy atom. The van der Waals surface area contributed by atoms with Crippen LogP contribution in [0.25, 0.3) is 0 Å². The van der Waals surface area contributed by atoms with Crippen LogP contribution in [0.1, 0.15) is 44.2 Å². The number of carbonyl (C=O) groups is 1. The molecule has 2 aliphatic heterocycles. The highest BCUT2D eigenvalue weighted by Crippen LogP contribution is 2.22. The average molecular weight is 388 g/mol. The molecule has 1 aromatic carbocycles. The van der Waals surface area contributed by atoms with Crippen LogP contribution < -0.4 is 5.32 Å². The molecule has 0 saturated heterocycles. The number of fused-ring (bicyclic) bond motifs is 1. The lowest BCUT2D eigenvalue weighted by Gasteiger charge is -2.27. The molecular weight excluding hydrogens is 362 g/mol. The van der Waals surface area contributed by atoms with Crippen molar-refractivity contribution in [2.45, 2.75) is 38.6 Å². The first-order valence-corrected chi connectivity index (χ1v) is 10.9. The van der Waals surface area contributed by atoms with Crippen LogP contribution in [0.15, 0.2) is 58.7 Å². The zero-order chi connectivity index (χ0) is 19.3. The van der Waals surface area contributed by atoms with Gasteiger partial charge in [0.25, 0.3) is 15.9 Å². The fourth-order valence-corrected chi connectivity index (χ4v) is 4.15. The molecule has 1 aromatic rings. The Morgan fingerprint density at radius 3 is 2.74 bits per heavy atom. The lowest BCUT2D eigenvalue weighted by atomic mass is 10.00. The van der Waals surface area contributed by atoms with E-state index in [9.17, 15) is 13.2 Å². The van der Waals surface area contributed by atoms with Gasteiger partial charge in [0.15, 0.2) is 0 Å². The summed E-state index contributed by atoms with van der Waals surface area (Å²) in [5.41, 5.74) is 1.60. The van der Waals surface area contributed by atoms with Gasteiger partial charge in [0.1, 0.15) is 5.84 Å². The van der Waals surface area contributed by atoms with Crippen molar-refractivity contribution in [3.05, 3.63) is 59.8 Å². The lowest BCUT2D eigenvalue weighted by molar-refractivity contribution is -0.118. The number of amidine groups is 1. The second-order valence-corrected chi connectivity index (χ2v) is 8.53. The van der Waals surface area contributed by atoms with E-state index in [4.69, 9.17) is 0 Å². The summed E-state index contributed by atoms with van der Waals surface area (Å²) in [5, 5.41) is 3.13. The first kappa shape index (κ1) is 19.4. The Morgan fingerprint density at radius 2 is 2.00 bits per heavy atom. The SMILES string of the molecule is CCCCCC(NC(=O)C1=CN2CCS(=O)(=O)N=C2C=C1)c1ccccc1. The average Bonchev–Trinajstić information content (AvgIpc) is 2.67. The van der Waals surface area contributed by atoms with Gasteiger partial charge < -0.3 is 10.2 Å². The van der Waals surface area contributed by atoms with Gasteiger partial charge in [-0.15, -0.1) is 4.40 Å². The fourth-order valence-electron chi connectivity index (χ4n) is 3.18. The van der Waals surface area contributed by atoms with Gasteiger partial charge in [-0.2, -0.15) is 0 Å². The molecule has 0 radical (unpaired) electrons. The number of nitrogens with one attached hydrogen (secondary N) is 1. The van der Waals surface area contributed by atoms with Crippen LogP contribution in [0.3, 0.4) is 0 Å². The highest BCUT2D eigenvalue weighted by atomic mass is 32.2. The number of hydrogen-bond acceptors (Lipinski definition) is 4. The summed E-state index contributed by atoms with van der Waals surface area (Å²) < 4.78 is 26.9. The van der Waals surface area contributed by atoms with Crippen molar-refractivity contribution in [2.24, 2.45) is 4.40 Å². The van der Waals surface area contributed by atoms with Gasteiger partial charge in [-0.05, 0) is 24.1 Å². The molecule has 0 bridgehead atoms. The van der Waals surface area contributed by atoms with E-state index >= 15 is 0 Å². The van der Waals surface area contributed by atoms with E-state index in [1.165, 1.54) is 0 Å². The van der Waals surface area contributed by atoms with Crippen LogP contribution in [0.5, 0.6) is 0 Å². The molecule has 3 rings (SSSR count). The molecule has 0 aliphatic carbocycles. The normalized spacial score (nSPS) is 18.9. The van der Waals surface area contributed by atoms with Gasteiger partial charge in [0, 0.05) is 12.7 Å². The van der Waals surface area contributed by atoms with Gasteiger partial charge in [-0.1, -0.05) is 56.5 Å². The van der Waals surface area contributed by atoms with E-state index < -0.39 is 10.0 Å². The summed E-state index contributed by atoms with van der Waals surface area (Å²) in [6, 6.07) is 9.93. The minimum absolute atomic E-state index is 0.0423. The van der Waals surface area contributed by atoms with Crippen LogP contribution >= 0.6 is 0 Å². The van der Waals surface area contributed by atoms with Crippen LogP contribution in [-0.2, 0) is 14.8 Å². The molecule has 0 spiro atoms. The maximum atomic E-state index is 12.8. The maximum Gasteiger partial charge on any atom is 0.256 e. The van der Waals surface area contributed by atoms with E-state index in [-0.39, 0.29) is 17.7 Å². The molecule has 1 unspecified atom stereocenters. The second-order valence-electron chi connectivity index (χ2n) is 6.78. The van der Waals surface area contributed by atoms with Crippen LogP contribution in [-0.4, -0.2) is 37.4 Å². The first-order chi connectivity index (χ1) is 13.0. The monoisotopic (exact) mass is 387 g/mol. The van der Waals surface area contributed by atoms with Crippen molar-refractivity contribution in [2.75, 3.05) is 12.3 Å². The molecule has 6 nitrogen and oxygen atoms in total. The largest absolute Gasteiger partial charge is 0.345 e. The number of amides is 1. The first-order valence-electron chi connectivity index (χ1n) is 9.33. The van der Waals surface area contributed by atoms with Gasteiger partial charge in [-0.3, -0.25) is 4.79 Å². The van der Waals surface area contributed by atoms with Crippen molar-refractivity contribution in [3.8, 4) is 0 Å². The predicted molar refractivity (Wildman–Crippen MR) is 107 cm³/mol. The molecule has 1 atom stereocenters. The summed E-state index contributed by atoms with van der Waals surface area (Å²) in [5.74, 6) is 0.156. The molecule has 2 heterocycles. The Labute approximate surface area is 160 Å². The summed E-state index contributed by atoms with van der Waals surface area (Å²) in [6.07, 6.45) is 9.07. The number of rotatable bonds is 7. The van der Waals surface area contributed by atoms with E-state index in [2.05, 4.69) is 16.6 Å². The molecule has 144 valence electrons. The van der Waals surface area contributed by atoms with Crippen molar-refractivity contribution in [1.29, 1.82) is 0 Å². The predicted octanol–water partition coefficient (Wildman–Crippen LogP) is 2.92. The van der Waals surface area contributed by atoms with E-state index in [1.807, 2.05) is 30.3 Å². The second kappa shape index (κ2) is 8.52. The molecule has 1 N–H and O–H groups in total. The van der Waals surface area contributed by atoms with Crippen molar-refractivity contribution >= 4 is 21.8 Å². The zero-order valence-electron chi connectivity index (χ0n) is 15.5. The maximum absolute atomic E-state index is 12.8. The summed E-state index contributed by atoms with van der Waals surface area (Å²) in [6.45, 7) is 2.46. The Hall–Kier alpha value is -2.41. The van der Waals surface area contributed by atoms with Crippen molar-refractivity contribution in [1.82, 2.24) is 10.2 Å². The van der Waals surface area contributed by atoms with Crippen molar-refractivity contribution in [3.63, 3.8) is 0 Å². The number of sulfonamides is 1. The molecule has 0 fully saturated rings. The van der Waals surface area contributed by atoms with Crippen LogP contribution in [0.2, 0.25) is 0 Å². The third kappa shape index (κ3) is 5.07. The summed E-state index contributed by atoms with van der Waals surface area (Å²) in [4.78, 5) is 14.5. The molecule has 0 aromatic heterocycles. The van der Waals surface area contributed by atoms with Gasteiger partial charge >= 0.3 is 0 Å². The van der Waals surface area contributed by atoms with E-state index in [0.717, 1.165) is 31.2 Å². The van der Waals surface area contributed by atoms with Gasteiger partial charge in [-0.25, -0.2) is 8.42 Å². The molecule has 1 amide bonds. The minimum atomic E-state index is -3.39. The van der Waals surface area contributed by atoms with Gasteiger partial charge in [0.05, 0.1) is 17.4 Å². The summed E-state index contributed by atoms with van der Waals surface area (Å²) in [7, 11) is -3.39. The molecule has 7 heteroatoms. The molecule has 27 heavy (non-hydrogen) atoms. The molecule has 0 saturated carbocycles. The fraction of sp³-hybridized carbons (Fsp3) is 0.400. The third-order valence-corrected chi connectivity index (χ3v) is 5.85. The number of benzene rings is 1. The Kier molecular flexibility index (Phi) is 6.11. The van der Waals surface area contributed by atoms with Gasteiger partial charge in [0.2, 0.25) is 0 Å². The number of nitrogens with zero attached hydrogens (tertiary/aromatic N) is 2. The zero-order valence-corrected chi connectivity index (χ0v) is 16.3. The highest BCUT2D eigenvalue weighted by molar-refractivity contribution is 7.90. The van der Waals surface area contributed by atoms with Crippen molar-refractivity contribution < 1.29 is 13.2 Å². The van der Waals surface area contributed by atoms with E-state index in [1.54, 1.807) is 23.3 Å². The number of carbonyl (C=O) groups excluding carboxylic acids is 1. The Bertz CT molecular complexity index is 873. The molecule has 2 aliphatic rings. The standard InChI is InChI=1S/C20H25N3O3S/c1-2-3-5-10-18(16-8-6-4-7-9-16)21-20(24)17-11-12-19-22-27(25,26)14-13-23(19)15-17/h4,6-9,11-12,15,18H,2-3,5,10,13-14H2,1H3,(H,21,24). The van der Waals surface area contributed by atoms with Crippen LogP contribution in [0.4, 0.5) is 0 Å². The minimum Gasteiger partial charge on any atom is -0.345 e. The smallest absolute Gasteiger partial charge is 0.256 e. The van der Waals surface area contributed by atoms with Crippen LogP contribution in [0, 0.1) is 0 Å². The van der Waals surface area contributed by atoms with E-state index in [0.29, 0.717) is 18.0 Å². The molecular formula is C20H25N3O3S.